The minimum Gasteiger partial charge on any atom is -0.308 e. The second-order valence-corrected chi connectivity index (χ2v) is 18.3. The van der Waals surface area contributed by atoms with E-state index in [1.807, 2.05) is 36.4 Å². The van der Waals surface area contributed by atoms with Gasteiger partial charge >= 0.3 is 0 Å². The van der Waals surface area contributed by atoms with E-state index in [1.165, 1.54) is 23.3 Å². The van der Waals surface area contributed by atoms with E-state index in [1.54, 1.807) is 0 Å². The van der Waals surface area contributed by atoms with Crippen LogP contribution in [0.4, 0.5) is 4.39 Å². The zero-order chi connectivity index (χ0) is 42.2. The summed E-state index contributed by atoms with van der Waals surface area (Å²) in [6, 6.07) is 61.3. The van der Waals surface area contributed by atoms with Crippen molar-refractivity contribution in [3.05, 3.63) is 192 Å². The molecule has 0 saturated heterocycles. The summed E-state index contributed by atoms with van der Waals surface area (Å²) in [5, 5.41) is 15.5. The van der Waals surface area contributed by atoms with Gasteiger partial charge in [0.1, 0.15) is 5.82 Å². The molecule has 0 spiro atoms. The van der Waals surface area contributed by atoms with Gasteiger partial charge in [0.05, 0.1) is 45.1 Å². The molecule has 10 rings (SSSR count). The van der Waals surface area contributed by atoms with Crippen LogP contribution < -0.4 is 0 Å². The molecular formula is C57H46FN3. The number of nitriles is 1. The molecule has 0 aliphatic carbocycles. The molecule has 0 radical (unpaired) electrons. The maximum absolute atomic E-state index is 14.9. The summed E-state index contributed by atoms with van der Waals surface area (Å²) in [6.45, 7) is 13.5. The van der Waals surface area contributed by atoms with Crippen LogP contribution in [0.1, 0.15) is 58.2 Å². The van der Waals surface area contributed by atoms with Gasteiger partial charge in [-0.25, -0.2) is 4.39 Å². The minimum absolute atomic E-state index is 0.0677. The Labute approximate surface area is 356 Å². The number of hydrogen-bond donors (Lipinski definition) is 0. The van der Waals surface area contributed by atoms with Crippen LogP contribution >= 0.6 is 0 Å². The summed E-state index contributed by atoms with van der Waals surface area (Å²) in [7, 11) is 0. The second kappa shape index (κ2) is 14.2. The summed E-state index contributed by atoms with van der Waals surface area (Å²) in [5.41, 5.74) is 14.8. The number of halogens is 1. The molecule has 0 N–H and O–H groups in total. The molecule has 0 aliphatic rings. The van der Waals surface area contributed by atoms with Crippen LogP contribution in [0.3, 0.4) is 0 Å². The summed E-state index contributed by atoms with van der Waals surface area (Å²) in [6.07, 6.45) is 0. The van der Waals surface area contributed by atoms with Crippen LogP contribution in [0.25, 0.3) is 88.4 Å². The Morgan fingerprint density at radius 1 is 0.410 bits per heavy atom. The fraction of sp³-hybridized carbons (Fsp3) is 0.140. The predicted molar refractivity (Wildman–Crippen MR) is 254 cm³/mol. The van der Waals surface area contributed by atoms with Gasteiger partial charge in [-0.15, -0.1) is 0 Å². The van der Waals surface area contributed by atoms with Crippen molar-refractivity contribution >= 4 is 43.6 Å². The first-order valence-electron chi connectivity index (χ1n) is 21.0. The van der Waals surface area contributed by atoms with Gasteiger partial charge in [0.25, 0.3) is 0 Å². The van der Waals surface area contributed by atoms with Gasteiger partial charge in [-0.2, -0.15) is 5.26 Å². The molecule has 0 fully saturated rings. The lowest BCUT2D eigenvalue weighted by atomic mass is 9.86. The third-order valence-electron chi connectivity index (χ3n) is 12.3. The Balaban J connectivity index is 1.38. The Hall–Kier alpha value is -7.22. The highest BCUT2D eigenvalue weighted by Gasteiger charge is 2.26. The molecule has 0 aliphatic heterocycles. The molecular weight excluding hydrogens is 746 g/mol. The van der Waals surface area contributed by atoms with Crippen molar-refractivity contribution in [3.63, 3.8) is 0 Å². The highest BCUT2D eigenvalue weighted by Crippen LogP contribution is 2.45. The van der Waals surface area contributed by atoms with Gasteiger partial charge in [-0.05, 0) is 110 Å². The van der Waals surface area contributed by atoms with Crippen LogP contribution in [-0.2, 0) is 10.8 Å². The molecule has 3 nitrogen and oxygen atoms in total. The number of nitrogens with zero attached hydrogens (tertiary/aromatic N) is 3. The Morgan fingerprint density at radius 2 is 0.836 bits per heavy atom. The van der Waals surface area contributed by atoms with Crippen molar-refractivity contribution in [1.82, 2.24) is 9.13 Å². The van der Waals surface area contributed by atoms with E-state index in [-0.39, 0.29) is 16.6 Å². The van der Waals surface area contributed by atoms with Crippen molar-refractivity contribution in [2.75, 3.05) is 0 Å². The second-order valence-electron chi connectivity index (χ2n) is 18.3. The first kappa shape index (κ1) is 38.0. The molecule has 0 bridgehead atoms. The monoisotopic (exact) mass is 791 g/mol. The van der Waals surface area contributed by atoms with Gasteiger partial charge in [0.2, 0.25) is 0 Å². The van der Waals surface area contributed by atoms with Crippen molar-refractivity contribution in [2.45, 2.75) is 52.4 Å². The van der Waals surface area contributed by atoms with E-state index < -0.39 is 0 Å². The number of benzene rings is 8. The van der Waals surface area contributed by atoms with Crippen LogP contribution in [-0.4, -0.2) is 9.13 Å². The first-order chi connectivity index (χ1) is 29.4. The molecule has 4 heteroatoms. The van der Waals surface area contributed by atoms with Crippen LogP contribution in [0.2, 0.25) is 0 Å². The van der Waals surface area contributed by atoms with Crippen molar-refractivity contribution in [1.29, 1.82) is 5.26 Å². The van der Waals surface area contributed by atoms with E-state index in [0.29, 0.717) is 5.56 Å². The number of rotatable bonds is 5. The average molecular weight is 792 g/mol. The highest BCUT2D eigenvalue weighted by atomic mass is 19.1. The largest absolute Gasteiger partial charge is 0.308 e. The normalized spacial score (nSPS) is 12.2. The maximum atomic E-state index is 14.9. The molecule has 2 heterocycles. The molecule has 10 aromatic rings. The average Bonchev–Trinajstić information content (AvgIpc) is 3.77. The van der Waals surface area contributed by atoms with E-state index in [0.717, 1.165) is 88.4 Å². The van der Waals surface area contributed by atoms with Crippen molar-refractivity contribution in [2.24, 2.45) is 0 Å². The fourth-order valence-corrected chi connectivity index (χ4v) is 9.06. The molecule has 0 atom stereocenters. The molecule has 0 saturated carbocycles. The van der Waals surface area contributed by atoms with Gasteiger partial charge in [-0.1, -0.05) is 151 Å². The molecule has 2 aromatic heterocycles. The Kier molecular flexibility index (Phi) is 8.86. The van der Waals surface area contributed by atoms with Crippen LogP contribution in [0, 0.1) is 17.1 Å². The van der Waals surface area contributed by atoms with Crippen molar-refractivity contribution in [3.8, 4) is 50.8 Å². The summed E-state index contributed by atoms with van der Waals surface area (Å²) < 4.78 is 19.6. The Morgan fingerprint density at radius 3 is 1.25 bits per heavy atom. The highest BCUT2D eigenvalue weighted by molar-refractivity contribution is 6.13. The van der Waals surface area contributed by atoms with E-state index in [2.05, 4.69) is 178 Å². The SMILES string of the molecule is CC(C)(C)c1ccc2c(c1)c1ccc(-c3ccccc3)cc1n2-c1cc(C#N)cc(-n2c3ccc(C(C)(C)C)cc3c3ccc(-c4ccccc4)cc32)c1-c1ccc(F)cc1. The number of fused-ring (bicyclic) bond motifs is 6. The summed E-state index contributed by atoms with van der Waals surface area (Å²) >= 11 is 0. The van der Waals surface area contributed by atoms with Crippen LogP contribution in [0.15, 0.2) is 170 Å². The topological polar surface area (TPSA) is 33.6 Å². The molecule has 296 valence electrons. The zero-order valence-electron chi connectivity index (χ0n) is 35.4. The smallest absolute Gasteiger partial charge is 0.123 e. The summed E-state index contributed by atoms with van der Waals surface area (Å²) in [5.74, 6) is -0.307. The van der Waals surface area contributed by atoms with Gasteiger partial charge in [-0.3, -0.25) is 0 Å². The standard InChI is InChI=1S/C57H46FN3/c1-56(2,3)42-21-27-49-47(33-42)45-25-19-40(37-13-9-7-10-14-37)31-51(45)60(49)53-29-36(35-59)30-54(55(53)39-17-23-44(58)24-18-39)61-50-28-22-43(57(4,5)6)34-48(50)46-26-20-41(32-52(46)61)38-15-11-8-12-16-38/h7-34H,1-6H3. The lowest BCUT2D eigenvalue weighted by molar-refractivity contribution is 0.591. The molecule has 8 aromatic carbocycles. The lowest BCUT2D eigenvalue weighted by Crippen LogP contribution is -2.10. The van der Waals surface area contributed by atoms with E-state index in [9.17, 15) is 9.65 Å². The fourth-order valence-electron chi connectivity index (χ4n) is 9.06. The van der Waals surface area contributed by atoms with E-state index >= 15 is 0 Å². The predicted octanol–water partition coefficient (Wildman–Crippen LogP) is 15.5. The summed E-state index contributed by atoms with van der Waals surface area (Å²) in [4.78, 5) is 0. The van der Waals surface area contributed by atoms with Gasteiger partial charge < -0.3 is 9.13 Å². The molecule has 61 heavy (non-hydrogen) atoms. The lowest BCUT2D eigenvalue weighted by Gasteiger charge is -2.22. The van der Waals surface area contributed by atoms with Gasteiger partial charge in [0, 0.05) is 27.1 Å². The molecule has 0 unspecified atom stereocenters. The maximum Gasteiger partial charge on any atom is 0.123 e. The zero-order valence-corrected chi connectivity index (χ0v) is 35.4. The quantitative estimate of drug-likeness (QED) is 0.171. The number of hydrogen-bond acceptors (Lipinski definition) is 1. The third-order valence-corrected chi connectivity index (χ3v) is 12.3. The Bertz CT molecular complexity index is 3170. The minimum atomic E-state index is -0.307. The van der Waals surface area contributed by atoms with Crippen molar-refractivity contribution < 1.29 is 4.39 Å². The first-order valence-corrected chi connectivity index (χ1v) is 21.0. The third kappa shape index (κ3) is 6.49. The van der Waals surface area contributed by atoms with Gasteiger partial charge in [0.15, 0.2) is 0 Å². The van der Waals surface area contributed by atoms with E-state index in [4.69, 9.17) is 0 Å². The number of aromatic nitrogens is 2. The van der Waals surface area contributed by atoms with Crippen LogP contribution in [0.5, 0.6) is 0 Å². The molecule has 0 amide bonds.